The highest BCUT2D eigenvalue weighted by atomic mass is 32.2. The van der Waals surface area contributed by atoms with Crippen molar-refractivity contribution in [2.45, 2.75) is 18.7 Å². The van der Waals surface area contributed by atoms with E-state index in [4.69, 9.17) is 9.15 Å². The Morgan fingerprint density at radius 3 is 2.58 bits per heavy atom. The quantitative estimate of drug-likeness (QED) is 0.754. The van der Waals surface area contributed by atoms with Gasteiger partial charge >= 0.3 is 5.76 Å². The van der Waals surface area contributed by atoms with E-state index >= 15 is 0 Å². The van der Waals surface area contributed by atoms with Gasteiger partial charge in [0.05, 0.1) is 23.2 Å². The molecule has 0 atom stereocenters. The third-order valence-corrected chi connectivity index (χ3v) is 5.05. The highest BCUT2D eigenvalue weighted by Gasteiger charge is 2.18. The second kappa shape index (κ2) is 5.72. The van der Waals surface area contributed by atoms with Gasteiger partial charge < -0.3 is 9.15 Å². The van der Waals surface area contributed by atoms with E-state index in [1.54, 1.807) is 26.2 Å². The van der Waals surface area contributed by atoms with Crippen molar-refractivity contribution < 1.29 is 17.6 Å². The number of methoxy groups -OCH3 is 1. The van der Waals surface area contributed by atoms with E-state index in [0.29, 0.717) is 17.0 Å². The van der Waals surface area contributed by atoms with E-state index in [-0.39, 0.29) is 10.5 Å². The van der Waals surface area contributed by atoms with Crippen molar-refractivity contribution in [2.24, 2.45) is 0 Å². The Kier molecular flexibility index (Phi) is 3.84. The summed E-state index contributed by atoms with van der Waals surface area (Å²) < 4.78 is 37.9. The summed E-state index contributed by atoms with van der Waals surface area (Å²) in [5.41, 5.74) is 2.63. The molecular weight excluding hydrogens is 332 g/mol. The first-order chi connectivity index (χ1) is 11.3. The number of benzene rings is 2. The Morgan fingerprint density at radius 1 is 1.12 bits per heavy atom. The number of nitrogens with one attached hydrogen (secondary N) is 2. The van der Waals surface area contributed by atoms with E-state index in [0.717, 1.165) is 11.1 Å². The molecule has 0 aliphatic heterocycles. The van der Waals surface area contributed by atoms with Crippen molar-refractivity contribution >= 4 is 26.8 Å². The minimum atomic E-state index is -3.82. The number of fused-ring (bicyclic) bond motifs is 1. The minimum Gasteiger partial charge on any atom is -0.496 e. The van der Waals surface area contributed by atoms with Gasteiger partial charge in [0.15, 0.2) is 5.58 Å². The molecule has 126 valence electrons. The van der Waals surface area contributed by atoms with Gasteiger partial charge in [-0.05, 0) is 49.2 Å². The first-order valence-electron chi connectivity index (χ1n) is 7.11. The van der Waals surface area contributed by atoms with Gasteiger partial charge in [0.25, 0.3) is 10.0 Å². The topological polar surface area (TPSA) is 101 Å². The molecule has 0 amide bonds. The lowest BCUT2D eigenvalue weighted by atomic mass is 10.1. The number of aromatic nitrogens is 1. The SMILES string of the molecule is COc1cc(C)c(NS(=O)(=O)c2ccc3[nH]c(=O)oc3c2)cc1C. The average molecular weight is 348 g/mol. The standard InChI is InChI=1S/C16H16N2O5S/c1-9-7-14(22-3)10(2)6-13(9)18-24(20,21)11-4-5-12-15(8-11)23-16(19)17-12/h4-8,18H,1-3H3,(H,17,19). The summed E-state index contributed by atoms with van der Waals surface area (Å²) in [6.45, 7) is 3.62. The molecule has 3 aromatic rings. The minimum absolute atomic E-state index is 0.00520. The molecule has 0 bridgehead atoms. The normalized spacial score (nSPS) is 11.6. The molecule has 0 unspecified atom stereocenters. The largest absolute Gasteiger partial charge is 0.496 e. The van der Waals surface area contributed by atoms with Crippen molar-refractivity contribution in [2.75, 3.05) is 11.8 Å². The summed E-state index contributed by atoms with van der Waals surface area (Å²) in [6.07, 6.45) is 0. The van der Waals surface area contributed by atoms with E-state index in [9.17, 15) is 13.2 Å². The van der Waals surface area contributed by atoms with Crippen LogP contribution < -0.4 is 15.2 Å². The fourth-order valence-corrected chi connectivity index (χ4v) is 3.55. The molecule has 0 aliphatic carbocycles. The zero-order valence-electron chi connectivity index (χ0n) is 13.3. The third-order valence-electron chi connectivity index (χ3n) is 3.69. The predicted octanol–water partition coefficient (Wildman–Crippen LogP) is 2.55. The highest BCUT2D eigenvalue weighted by molar-refractivity contribution is 7.92. The first kappa shape index (κ1) is 16.1. The van der Waals surface area contributed by atoms with Gasteiger partial charge in [-0.25, -0.2) is 13.2 Å². The summed E-state index contributed by atoms with van der Waals surface area (Å²) in [4.78, 5) is 13.7. The van der Waals surface area contributed by atoms with Crippen LogP contribution in [0.5, 0.6) is 5.75 Å². The first-order valence-corrected chi connectivity index (χ1v) is 8.59. The zero-order valence-corrected chi connectivity index (χ0v) is 14.2. The van der Waals surface area contributed by atoms with Gasteiger partial charge in [0.1, 0.15) is 5.75 Å². The number of aromatic amines is 1. The van der Waals surface area contributed by atoms with Crippen LogP contribution in [0.2, 0.25) is 0 Å². The van der Waals surface area contributed by atoms with Crippen molar-refractivity contribution in [1.29, 1.82) is 0 Å². The van der Waals surface area contributed by atoms with Crippen LogP contribution in [0.4, 0.5) is 5.69 Å². The maximum atomic E-state index is 12.6. The van der Waals surface area contributed by atoms with E-state index in [1.807, 2.05) is 6.92 Å². The Bertz CT molecular complexity index is 1080. The monoisotopic (exact) mass is 348 g/mol. The second-order valence-corrected chi connectivity index (χ2v) is 7.10. The van der Waals surface area contributed by atoms with Gasteiger partial charge in [-0.3, -0.25) is 9.71 Å². The van der Waals surface area contributed by atoms with Gasteiger partial charge in [-0.15, -0.1) is 0 Å². The molecule has 0 radical (unpaired) electrons. The summed E-state index contributed by atoms with van der Waals surface area (Å²) in [5, 5.41) is 0. The van der Waals surface area contributed by atoms with Crippen molar-refractivity contribution in [3.05, 3.63) is 52.0 Å². The smallest absolute Gasteiger partial charge is 0.417 e. The molecule has 1 aromatic heterocycles. The van der Waals surface area contributed by atoms with Crippen LogP contribution in [0.25, 0.3) is 11.1 Å². The molecule has 0 saturated carbocycles. The van der Waals surface area contributed by atoms with Gasteiger partial charge in [0, 0.05) is 6.07 Å². The number of rotatable bonds is 4. The van der Waals surface area contributed by atoms with Gasteiger partial charge in [-0.2, -0.15) is 0 Å². The number of hydrogen-bond acceptors (Lipinski definition) is 5. The lowest BCUT2D eigenvalue weighted by molar-refractivity contribution is 0.411. The fraction of sp³-hybridized carbons (Fsp3) is 0.188. The van der Waals surface area contributed by atoms with E-state index in [1.165, 1.54) is 18.2 Å². The van der Waals surface area contributed by atoms with Crippen molar-refractivity contribution in [1.82, 2.24) is 4.98 Å². The van der Waals surface area contributed by atoms with Crippen LogP contribution in [0, 0.1) is 13.8 Å². The number of H-pyrrole nitrogens is 1. The van der Waals surface area contributed by atoms with Crippen LogP contribution >= 0.6 is 0 Å². The predicted molar refractivity (Wildman–Crippen MR) is 90.1 cm³/mol. The molecule has 1 heterocycles. The van der Waals surface area contributed by atoms with Gasteiger partial charge in [0.2, 0.25) is 0 Å². The van der Waals surface area contributed by atoms with Gasteiger partial charge in [-0.1, -0.05) is 0 Å². The Balaban J connectivity index is 2.01. The number of sulfonamides is 1. The molecular formula is C16H16N2O5S. The Labute approximate surface area is 138 Å². The molecule has 7 nitrogen and oxygen atoms in total. The molecule has 24 heavy (non-hydrogen) atoms. The number of ether oxygens (including phenoxy) is 1. The molecule has 0 saturated heterocycles. The molecule has 0 fully saturated rings. The van der Waals surface area contributed by atoms with Crippen LogP contribution in [0.3, 0.4) is 0 Å². The van der Waals surface area contributed by atoms with Crippen LogP contribution in [0.15, 0.2) is 44.4 Å². The van der Waals surface area contributed by atoms with Crippen LogP contribution in [0.1, 0.15) is 11.1 Å². The second-order valence-electron chi connectivity index (χ2n) is 5.41. The molecule has 8 heteroatoms. The maximum absolute atomic E-state index is 12.6. The molecule has 2 N–H and O–H groups in total. The lowest BCUT2D eigenvalue weighted by Gasteiger charge is -2.13. The highest BCUT2D eigenvalue weighted by Crippen LogP contribution is 2.28. The Morgan fingerprint density at radius 2 is 1.88 bits per heavy atom. The van der Waals surface area contributed by atoms with Crippen LogP contribution in [-0.4, -0.2) is 20.5 Å². The fourth-order valence-electron chi connectivity index (χ4n) is 2.42. The zero-order chi connectivity index (χ0) is 17.5. The lowest BCUT2D eigenvalue weighted by Crippen LogP contribution is -2.14. The average Bonchev–Trinajstić information content (AvgIpc) is 2.89. The van der Waals surface area contributed by atoms with Crippen molar-refractivity contribution in [3.63, 3.8) is 0 Å². The van der Waals surface area contributed by atoms with Crippen molar-refractivity contribution in [3.8, 4) is 5.75 Å². The molecule has 2 aromatic carbocycles. The number of anilines is 1. The van der Waals surface area contributed by atoms with Crippen LogP contribution in [-0.2, 0) is 10.0 Å². The molecule has 0 aliphatic rings. The number of aryl methyl sites for hydroxylation is 2. The molecule has 0 spiro atoms. The summed E-state index contributed by atoms with van der Waals surface area (Å²) in [6, 6.07) is 7.67. The van der Waals surface area contributed by atoms with E-state index in [2.05, 4.69) is 9.71 Å². The third kappa shape index (κ3) is 2.88. The maximum Gasteiger partial charge on any atom is 0.417 e. The summed E-state index contributed by atoms with van der Waals surface area (Å²) >= 11 is 0. The molecule has 3 rings (SSSR count). The summed E-state index contributed by atoms with van der Waals surface area (Å²) in [7, 11) is -2.26. The number of hydrogen-bond donors (Lipinski definition) is 2. The summed E-state index contributed by atoms with van der Waals surface area (Å²) in [5.74, 6) is 0.0556. The Hall–Kier alpha value is -2.74. The number of oxazole rings is 1. The van der Waals surface area contributed by atoms with E-state index < -0.39 is 15.8 Å².